The van der Waals surface area contributed by atoms with Crippen LogP contribution in [0.2, 0.25) is 0 Å². The molecule has 1 aliphatic rings. The summed E-state index contributed by atoms with van der Waals surface area (Å²) in [6, 6.07) is 2.39. The SMILES string of the molecule is COCCOCC1(C#N)CCNCC1. The standard InChI is InChI=1S/C10H18N2O2/c1-13-6-7-14-9-10(8-11)2-4-12-5-3-10/h12H,2-7,9H2,1H3. The Morgan fingerprint density at radius 1 is 1.36 bits per heavy atom. The summed E-state index contributed by atoms with van der Waals surface area (Å²) in [5, 5.41) is 12.4. The third-order valence-corrected chi connectivity index (χ3v) is 2.61. The summed E-state index contributed by atoms with van der Waals surface area (Å²) < 4.78 is 10.3. The van der Waals surface area contributed by atoms with E-state index in [0.29, 0.717) is 19.8 Å². The highest BCUT2D eigenvalue weighted by Crippen LogP contribution is 2.27. The third kappa shape index (κ3) is 3.26. The van der Waals surface area contributed by atoms with E-state index in [0.717, 1.165) is 25.9 Å². The summed E-state index contributed by atoms with van der Waals surface area (Å²) >= 11 is 0. The Hall–Kier alpha value is -0.630. The van der Waals surface area contributed by atoms with E-state index in [4.69, 9.17) is 14.7 Å². The van der Waals surface area contributed by atoms with Gasteiger partial charge in [0, 0.05) is 7.11 Å². The van der Waals surface area contributed by atoms with Gasteiger partial charge in [0.15, 0.2) is 0 Å². The molecule has 1 saturated heterocycles. The molecule has 0 radical (unpaired) electrons. The van der Waals surface area contributed by atoms with Crippen molar-refractivity contribution in [2.75, 3.05) is 40.0 Å². The molecule has 0 aromatic rings. The summed E-state index contributed by atoms with van der Waals surface area (Å²) in [5.74, 6) is 0. The van der Waals surface area contributed by atoms with Crippen molar-refractivity contribution in [2.45, 2.75) is 12.8 Å². The predicted molar refractivity (Wildman–Crippen MR) is 52.8 cm³/mol. The first-order valence-corrected chi connectivity index (χ1v) is 5.02. The smallest absolute Gasteiger partial charge is 0.0831 e. The van der Waals surface area contributed by atoms with Gasteiger partial charge in [0.25, 0.3) is 0 Å². The van der Waals surface area contributed by atoms with Gasteiger partial charge in [-0.15, -0.1) is 0 Å². The molecule has 0 amide bonds. The maximum atomic E-state index is 9.11. The number of nitrogens with one attached hydrogen (secondary N) is 1. The molecule has 1 fully saturated rings. The summed E-state index contributed by atoms with van der Waals surface area (Å²) in [7, 11) is 1.65. The molecule has 4 heteroatoms. The molecule has 1 N–H and O–H groups in total. The van der Waals surface area contributed by atoms with Gasteiger partial charge in [0.1, 0.15) is 0 Å². The highest BCUT2D eigenvalue weighted by Gasteiger charge is 2.32. The van der Waals surface area contributed by atoms with Crippen LogP contribution < -0.4 is 5.32 Å². The van der Waals surface area contributed by atoms with E-state index in [9.17, 15) is 0 Å². The van der Waals surface area contributed by atoms with Crippen LogP contribution in [0.4, 0.5) is 0 Å². The number of rotatable bonds is 5. The van der Waals surface area contributed by atoms with Crippen LogP contribution in [0, 0.1) is 16.7 Å². The molecule has 0 saturated carbocycles. The predicted octanol–water partition coefficient (Wildman–Crippen LogP) is 0.543. The number of nitriles is 1. The lowest BCUT2D eigenvalue weighted by atomic mass is 9.81. The van der Waals surface area contributed by atoms with E-state index in [1.807, 2.05) is 0 Å². The summed E-state index contributed by atoms with van der Waals surface area (Å²) in [5.41, 5.74) is -0.265. The zero-order valence-corrected chi connectivity index (χ0v) is 8.71. The van der Waals surface area contributed by atoms with Crippen LogP contribution in [0.25, 0.3) is 0 Å². The van der Waals surface area contributed by atoms with Gasteiger partial charge in [-0.2, -0.15) is 5.26 Å². The summed E-state index contributed by atoms with van der Waals surface area (Å²) in [4.78, 5) is 0. The fourth-order valence-corrected chi connectivity index (χ4v) is 1.60. The molecule has 0 spiro atoms. The average Bonchev–Trinajstić information content (AvgIpc) is 2.26. The highest BCUT2D eigenvalue weighted by molar-refractivity contribution is 5.01. The Balaban J connectivity index is 2.26. The topological polar surface area (TPSA) is 54.3 Å². The second-order valence-corrected chi connectivity index (χ2v) is 3.69. The maximum absolute atomic E-state index is 9.11. The minimum absolute atomic E-state index is 0.265. The lowest BCUT2D eigenvalue weighted by Crippen LogP contribution is -2.39. The molecule has 0 unspecified atom stereocenters. The number of piperidine rings is 1. The molecule has 0 atom stereocenters. The maximum Gasteiger partial charge on any atom is 0.0831 e. The van der Waals surface area contributed by atoms with Crippen molar-refractivity contribution in [3.05, 3.63) is 0 Å². The Morgan fingerprint density at radius 2 is 2.07 bits per heavy atom. The Labute approximate surface area is 85.2 Å². The van der Waals surface area contributed by atoms with Crippen LogP contribution in [-0.4, -0.2) is 40.0 Å². The lowest BCUT2D eigenvalue weighted by Gasteiger charge is -2.30. The molecule has 0 aromatic heterocycles. The van der Waals surface area contributed by atoms with Gasteiger partial charge < -0.3 is 14.8 Å². The van der Waals surface area contributed by atoms with Gasteiger partial charge in [-0.05, 0) is 25.9 Å². The average molecular weight is 198 g/mol. The molecule has 0 aliphatic carbocycles. The fraction of sp³-hybridized carbons (Fsp3) is 0.900. The Morgan fingerprint density at radius 3 is 2.64 bits per heavy atom. The second-order valence-electron chi connectivity index (χ2n) is 3.69. The zero-order valence-electron chi connectivity index (χ0n) is 8.71. The van der Waals surface area contributed by atoms with Gasteiger partial charge in [-0.25, -0.2) is 0 Å². The van der Waals surface area contributed by atoms with Crippen LogP contribution in [0.3, 0.4) is 0 Å². The molecule has 0 bridgehead atoms. The van der Waals surface area contributed by atoms with Crippen molar-refractivity contribution >= 4 is 0 Å². The normalized spacial score (nSPS) is 20.3. The van der Waals surface area contributed by atoms with Crippen LogP contribution in [-0.2, 0) is 9.47 Å². The van der Waals surface area contributed by atoms with E-state index in [1.165, 1.54) is 0 Å². The van der Waals surface area contributed by atoms with E-state index < -0.39 is 0 Å². The Kier molecular flexibility index (Phi) is 4.88. The first-order valence-electron chi connectivity index (χ1n) is 5.02. The third-order valence-electron chi connectivity index (χ3n) is 2.61. The van der Waals surface area contributed by atoms with Crippen LogP contribution in [0.15, 0.2) is 0 Å². The minimum atomic E-state index is -0.265. The number of hydrogen-bond donors (Lipinski definition) is 1. The summed E-state index contributed by atoms with van der Waals surface area (Å²) in [6.45, 7) is 3.55. The zero-order chi connectivity index (χ0) is 10.3. The molecule has 0 aromatic carbocycles. The van der Waals surface area contributed by atoms with Gasteiger partial charge in [0.05, 0.1) is 31.3 Å². The van der Waals surface area contributed by atoms with Crippen LogP contribution in [0.5, 0.6) is 0 Å². The van der Waals surface area contributed by atoms with Crippen molar-refractivity contribution in [3.8, 4) is 6.07 Å². The monoisotopic (exact) mass is 198 g/mol. The Bertz CT molecular complexity index is 195. The quantitative estimate of drug-likeness (QED) is 0.655. The summed E-state index contributed by atoms with van der Waals surface area (Å²) in [6.07, 6.45) is 1.77. The van der Waals surface area contributed by atoms with E-state index in [1.54, 1.807) is 7.11 Å². The molecule has 4 nitrogen and oxygen atoms in total. The molecule has 14 heavy (non-hydrogen) atoms. The van der Waals surface area contributed by atoms with E-state index in [2.05, 4.69) is 11.4 Å². The first kappa shape index (κ1) is 11.4. The van der Waals surface area contributed by atoms with Gasteiger partial charge in [0.2, 0.25) is 0 Å². The molecule has 1 rings (SSSR count). The van der Waals surface area contributed by atoms with Gasteiger partial charge in [-0.1, -0.05) is 0 Å². The largest absolute Gasteiger partial charge is 0.382 e. The second kappa shape index (κ2) is 5.97. The van der Waals surface area contributed by atoms with Crippen LogP contribution in [0.1, 0.15) is 12.8 Å². The van der Waals surface area contributed by atoms with Crippen molar-refractivity contribution in [2.24, 2.45) is 5.41 Å². The van der Waals surface area contributed by atoms with Crippen LogP contribution >= 0.6 is 0 Å². The molecule has 80 valence electrons. The molecule has 1 aliphatic heterocycles. The highest BCUT2D eigenvalue weighted by atomic mass is 16.5. The minimum Gasteiger partial charge on any atom is -0.382 e. The molecular formula is C10H18N2O2. The lowest BCUT2D eigenvalue weighted by molar-refractivity contribution is 0.0243. The molecular weight excluding hydrogens is 180 g/mol. The number of nitrogens with zero attached hydrogens (tertiary/aromatic N) is 1. The van der Waals surface area contributed by atoms with Crippen molar-refractivity contribution < 1.29 is 9.47 Å². The number of ether oxygens (including phenoxy) is 2. The van der Waals surface area contributed by atoms with E-state index in [-0.39, 0.29) is 5.41 Å². The van der Waals surface area contributed by atoms with Gasteiger partial charge >= 0.3 is 0 Å². The van der Waals surface area contributed by atoms with Crippen molar-refractivity contribution in [1.82, 2.24) is 5.32 Å². The number of methoxy groups -OCH3 is 1. The molecule has 1 heterocycles. The van der Waals surface area contributed by atoms with E-state index >= 15 is 0 Å². The first-order chi connectivity index (χ1) is 6.83. The van der Waals surface area contributed by atoms with Gasteiger partial charge in [-0.3, -0.25) is 0 Å². The number of hydrogen-bond acceptors (Lipinski definition) is 4. The fourth-order valence-electron chi connectivity index (χ4n) is 1.60. The van der Waals surface area contributed by atoms with Crippen molar-refractivity contribution in [3.63, 3.8) is 0 Å². The van der Waals surface area contributed by atoms with Crippen molar-refractivity contribution in [1.29, 1.82) is 5.26 Å².